The van der Waals surface area contributed by atoms with Crippen molar-refractivity contribution in [1.29, 1.82) is 0 Å². The third-order valence-corrected chi connectivity index (χ3v) is 2.12. The van der Waals surface area contributed by atoms with E-state index in [2.05, 4.69) is 31.2 Å². The second kappa shape index (κ2) is 5.40. The van der Waals surface area contributed by atoms with Crippen molar-refractivity contribution in [3.05, 3.63) is 35.4 Å². The van der Waals surface area contributed by atoms with E-state index in [1.165, 1.54) is 11.1 Å². The van der Waals surface area contributed by atoms with Crippen molar-refractivity contribution < 1.29 is 14.6 Å². The van der Waals surface area contributed by atoms with Gasteiger partial charge in [-0.1, -0.05) is 31.2 Å². The van der Waals surface area contributed by atoms with Gasteiger partial charge in [-0.25, -0.2) is 0 Å². The number of ether oxygens (including phenoxy) is 1. The van der Waals surface area contributed by atoms with Crippen LogP contribution in [-0.4, -0.2) is 18.2 Å². The summed E-state index contributed by atoms with van der Waals surface area (Å²) in [4.78, 5) is 8.36. The molecule has 1 N–H and O–H groups in total. The van der Waals surface area contributed by atoms with Crippen LogP contribution in [0.5, 0.6) is 0 Å². The van der Waals surface area contributed by atoms with E-state index in [4.69, 9.17) is 14.6 Å². The Morgan fingerprint density at radius 2 is 2.14 bits per heavy atom. The Morgan fingerprint density at radius 1 is 1.57 bits per heavy atom. The summed E-state index contributed by atoms with van der Waals surface area (Å²) in [6.07, 6.45) is 1.52. The van der Waals surface area contributed by atoms with E-state index in [1.54, 1.807) is 0 Å². The predicted molar refractivity (Wildman–Crippen MR) is 53.2 cm³/mol. The monoisotopic (exact) mass is 194 g/mol. The van der Waals surface area contributed by atoms with Crippen LogP contribution in [0.2, 0.25) is 0 Å². The molecule has 1 saturated heterocycles. The van der Waals surface area contributed by atoms with Crippen molar-refractivity contribution in [2.75, 3.05) is 6.61 Å². The van der Waals surface area contributed by atoms with Crippen molar-refractivity contribution >= 4 is 6.47 Å². The molecule has 14 heavy (non-hydrogen) atoms. The smallest absolute Gasteiger partial charge is 0.290 e. The van der Waals surface area contributed by atoms with Crippen molar-refractivity contribution in [2.45, 2.75) is 19.4 Å². The highest BCUT2D eigenvalue weighted by molar-refractivity contribution is 5.32. The minimum Gasteiger partial charge on any atom is -0.483 e. The van der Waals surface area contributed by atoms with Gasteiger partial charge in [0.05, 0.1) is 6.61 Å². The van der Waals surface area contributed by atoms with Crippen LogP contribution in [0.4, 0.5) is 0 Å². The fourth-order valence-corrected chi connectivity index (χ4v) is 1.40. The summed E-state index contributed by atoms with van der Waals surface area (Å²) < 4.78 is 5.24. The van der Waals surface area contributed by atoms with Crippen LogP contribution in [0.3, 0.4) is 0 Å². The number of carbonyl (C=O) groups is 1. The van der Waals surface area contributed by atoms with Crippen LogP contribution < -0.4 is 0 Å². The minimum atomic E-state index is -0.250. The highest BCUT2D eigenvalue weighted by atomic mass is 16.6. The topological polar surface area (TPSA) is 49.8 Å². The first-order valence-corrected chi connectivity index (χ1v) is 4.60. The summed E-state index contributed by atoms with van der Waals surface area (Å²) in [6, 6.07) is 8.51. The molecule has 0 bridgehead atoms. The van der Waals surface area contributed by atoms with Gasteiger partial charge in [-0.15, -0.1) is 0 Å². The predicted octanol–water partition coefficient (Wildman–Crippen LogP) is 2.02. The van der Waals surface area contributed by atoms with Crippen molar-refractivity contribution in [3.63, 3.8) is 0 Å². The quantitative estimate of drug-likeness (QED) is 0.578. The number of epoxide rings is 1. The Hall–Kier alpha value is -1.35. The second-order valence-corrected chi connectivity index (χ2v) is 2.98. The fourth-order valence-electron chi connectivity index (χ4n) is 1.40. The van der Waals surface area contributed by atoms with E-state index in [9.17, 15) is 0 Å². The van der Waals surface area contributed by atoms with Gasteiger partial charge in [0.2, 0.25) is 0 Å². The largest absolute Gasteiger partial charge is 0.483 e. The van der Waals surface area contributed by atoms with Gasteiger partial charge in [-0.3, -0.25) is 4.79 Å². The van der Waals surface area contributed by atoms with Crippen LogP contribution in [0, 0.1) is 0 Å². The van der Waals surface area contributed by atoms with Crippen molar-refractivity contribution in [2.24, 2.45) is 0 Å². The standard InChI is InChI=1S/C10H12O.CH2O2/c1-2-8-5-3-4-6-9(8)10-7-11-10;2-1-3/h3-6,10H,2,7H2,1H3;1H,(H,2,3). The third kappa shape index (κ3) is 2.85. The first-order chi connectivity index (χ1) is 6.83. The van der Waals surface area contributed by atoms with Gasteiger partial charge in [-0.2, -0.15) is 0 Å². The number of hydrogen-bond acceptors (Lipinski definition) is 2. The molecular weight excluding hydrogens is 180 g/mol. The molecule has 0 saturated carbocycles. The molecule has 1 aliphatic heterocycles. The third-order valence-electron chi connectivity index (χ3n) is 2.12. The van der Waals surface area contributed by atoms with Gasteiger partial charge in [0.15, 0.2) is 0 Å². The van der Waals surface area contributed by atoms with Gasteiger partial charge in [0, 0.05) is 0 Å². The summed E-state index contributed by atoms with van der Waals surface area (Å²) in [7, 11) is 0. The average Bonchev–Trinajstić information content (AvgIpc) is 3.02. The van der Waals surface area contributed by atoms with Crippen LogP contribution in [0.1, 0.15) is 24.2 Å². The Labute approximate surface area is 83.3 Å². The molecule has 0 radical (unpaired) electrons. The fraction of sp³-hybridized carbons (Fsp3) is 0.364. The van der Waals surface area contributed by atoms with Crippen molar-refractivity contribution in [3.8, 4) is 0 Å². The molecular formula is C11H14O3. The molecule has 0 aliphatic carbocycles. The molecule has 3 nitrogen and oxygen atoms in total. The Balaban J connectivity index is 0.000000293. The molecule has 2 rings (SSSR count). The molecule has 0 aromatic heterocycles. The molecule has 1 aromatic rings. The molecule has 1 atom stereocenters. The molecule has 1 aromatic carbocycles. The zero-order valence-electron chi connectivity index (χ0n) is 8.14. The average molecular weight is 194 g/mol. The normalized spacial score (nSPS) is 17.9. The first-order valence-electron chi connectivity index (χ1n) is 4.60. The summed E-state index contributed by atoms with van der Waals surface area (Å²) >= 11 is 0. The van der Waals surface area contributed by atoms with Gasteiger partial charge in [-0.05, 0) is 17.5 Å². The van der Waals surface area contributed by atoms with Gasteiger partial charge < -0.3 is 9.84 Å². The maximum absolute atomic E-state index is 8.36. The molecule has 0 amide bonds. The number of carboxylic acid groups (broad SMARTS) is 1. The van der Waals surface area contributed by atoms with E-state index < -0.39 is 0 Å². The van der Waals surface area contributed by atoms with E-state index in [1.807, 2.05) is 0 Å². The minimum absolute atomic E-state index is 0.250. The summed E-state index contributed by atoms with van der Waals surface area (Å²) in [6.45, 7) is 2.85. The number of aryl methyl sites for hydroxylation is 1. The first kappa shape index (κ1) is 10.7. The van der Waals surface area contributed by atoms with E-state index >= 15 is 0 Å². The van der Waals surface area contributed by atoms with Gasteiger partial charge >= 0.3 is 0 Å². The molecule has 1 fully saturated rings. The lowest BCUT2D eigenvalue weighted by Gasteiger charge is -2.02. The zero-order chi connectivity index (χ0) is 10.4. The molecule has 1 unspecified atom stereocenters. The number of hydrogen-bond donors (Lipinski definition) is 1. The van der Waals surface area contributed by atoms with Gasteiger partial charge in [0.1, 0.15) is 6.10 Å². The van der Waals surface area contributed by atoms with Crippen LogP contribution in [-0.2, 0) is 16.0 Å². The molecule has 0 spiro atoms. The summed E-state index contributed by atoms with van der Waals surface area (Å²) in [5.41, 5.74) is 2.81. The van der Waals surface area contributed by atoms with E-state index in [0.29, 0.717) is 6.10 Å². The molecule has 1 heterocycles. The Bertz CT molecular complexity index is 292. The Kier molecular flexibility index (Phi) is 4.13. The van der Waals surface area contributed by atoms with Gasteiger partial charge in [0.25, 0.3) is 6.47 Å². The second-order valence-electron chi connectivity index (χ2n) is 2.98. The van der Waals surface area contributed by atoms with E-state index in [0.717, 1.165) is 13.0 Å². The lowest BCUT2D eigenvalue weighted by atomic mass is 10.0. The zero-order valence-corrected chi connectivity index (χ0v) is 8.14. The highest BCUT2D eigenvalue weighted by Crippen LogP contribution is 2.32. The van der Waals surface area contributed by atoms with Crippen LogP contribution >= 0.6 is 0 Å². The summed E-state index contributed by atoms with van der Waals surface area (Å²) in [5.74, 6) is 0. The summed E-state index contributed by atoms with van der Waals surface area (Å²) in [5, 5.41) is 6.89. The lowest BCUT2D eigenvalue weighted by Crippen LogP contribution is -1.89. The highest BCUT2D eigenvalue weighted by Gasteiger charge is 2.26. The van der Waals surface area contributed by atoms with Crippen LogP contribution in [0.25, 0.3) is 0 Å². The van der Waals surface area contributed by atoms with E-state index in [-0.39, 0.29) is 6.47 Å². The van der Waals surface area contributed by atoms with Crippen molar-refractivity contribution in [1.82, 2.24) is 0 Å². The van der Waals surface area contributed by atoms with Crippen LogP contribution in [0.15, 0.2) is 24.3 Å². The maximum Gasteiger partial charge on any atom is 0.290 e. The molecule has 3 heteroatoms. The maximum atomic E-state index is 8.36. The Morgan fingerprint density at radius 3 is 2.64 bits per heavy atom. The lowest BCUT2D eigenvalue weighted by molar-refractivity contribution is -0.122. The number of benzene rings is 1. The molecule has 76 valence electrons. The molecule has 1 aliphatic rings. The SMILES string of the molecule is CCc1ccccc1C1CO1.O=CO. The number of rotatable bonds is 2.